The second-order valence-electron chi connectivity index (χ2n) is 5.68. The van der Waals surface area contributed by atoms with Gasteiger partial charge in [0.15, 0.2) is 5.69 Å². The molecule has 0 amide bonds. The lowest BCUT2D eigenvalue weighted by Gasteiger charge is -2.14. The molecule has 1 heterocycles. The van der Waals surface area contributed by atoms with Gasteiger partial charge in [0.05, 0.1) is 18.3 Å². The third kappa shape index (κ3) is 4.05. The normalized spacial score (nSPS) is 12.3. The first-order chi connectivity index (χ1) is 11.8. The van der Waals surface area contributed by atoms with Gasteiger partial charge in [0.2, 0.25) is 5.88 Å². The Morgan fingerprint density at radius 3 is 2.60 bits per heavy atom. The van der Waals surface area contributed by atoms with Crippen LogP contribution >= 0.6 is 22.6 Å². The van der Waals surface area contributed by atoms with Gasteiger partial charge in [-0.15, -0.1) is 5.11 Å². The van der Waals surface area contributed by atoms with Gasteiger partial charge in [0.1, 0.15) is 11.6 Å². The molecule has 7 nitrogen and oxygen atoms in total. The standard InChI is InChI=1S/C17H17IN4O3/c1-9-6-12(18)4-5-14(9)20-21-15-11(3)13(7-19)16(24)22(17(15)25)8-10(2)23/h4-6,10,23-24H,8H2,1-3H3. The van der Waals surface area contributed by atoms with Crippen LogP contribution in [0.15, 0.2) is 33.2 Å². The van der Waals surface area contributed by atoms with Gasteiger partial charge in [-0.1, -0.05) is 0 Å². The summed E-state index contributed by atoms with van der Waals surface area (Å²) in [5.74, 6) is -0.477. The Bertz CT molecular complexity index is 942. The van der Waals surface area contributed by atoms with E-state index >= 15 is 0 Å². The molecule has 0 fully saturated rings. The fraction of sp³-hybridized carbons (Fsp3) is 0.294. The molecule has 130 valence electrons. The quantitative estimate of drug-likeness (QED) is 0.547. The number of benzene rings is 1. The van der Waals surface area contributed by atoms with Crippen LogP contribution in [0.2, 0.25) is 0 Å². The van der Waals surface area contributed by atoms with E-state index in [9.17, 15) is 20.3 Å². The van der Waals surface area contributed by atoms with E-state index < -0.39 is 17.5 Å². The van der Waals surface area contributed by atoms with Crippen LogP contribution in [0.1, 0.15) is 23.6 Å². The van der Waals surface area contributed by atoms with E-state index in [1.54, 1.807) is 6.07 Å². The van der Waals surface area contributed by atoms with E-state index in [2.05, 4.69) is 32.8 Å². The highest BCUT2D eigenvalue weighted by Gasteiger charge is 2.20. The molecule has 2 N–H and O–H groups in total. The molecular formula is C17H17IN4O3. The van der Waals surface area contributed by atoms with Crippen LogP contribution in [0, 0.1) is 28.7 Å². The number of aryl methyl sites for hydroxylation is 1. The molecule has 0 aliphatic heterocycles. The summed E-state index contributed by atoms with van der Waals surface area (Å²) in [5.41, 5.74) is 1.05. The molecule has 1 unspecified atom stereocenters. The SMILES string of the molecule is Cc1cc(I)ccc1N=Nc1c(C)c(C#N)c(O)n(CC(C)O)c1=O. The fourth-order valence-electron chi connectivity index (χ4n) is 2.33. The van der Waals surface area contributed by atoms with Crippen LogP contribution in [-0.4, -0.2) is 20.9 Å². The molecule has 2 aromatic rings. The minimum atomic E-state index is -0.874. The number of aliphatic hydroxyl groups excluding tert-OH is 1. The van der Waals surface area contributed by atoms with Crippen molar-refractivity contribution in [3.63, 3.8) is 0 Å². The van der Waals surface area contributed by atoms with Crippen LogP contribution in [0.25, 0.3) is 0 Å². The van der Waals surface area contributed by atoms with Gasteiger partial charge in [0.25, 0.3) is 5.56 Å². The van der Waals surface area contributed by atoms with Crippen molar-refractivity contribution in [1.29, 1.82) is 5.26 Å². The Balaban J connectivity index is 2.62. The first kappa shape index (κ1) is 19.1. The van der Waals surface area contributed by atoms with Crippen LogP contribution in [0.3, 0.4) is 0 Å². The lowest BCUT2D eigenvalue weighted by molar-refractivity contribution is 0.167. The maximum absolute atomic E-state index is 12.6. The molecule has 0 aliphatic carbocycles. The van der Waals surface area contributed by atoms with Gasteiger partial charge in [-0.25, -0.2) is 0 Å². The molecule has 0 spiro atoms. The summed E-state index contributed by atoms with van der Waals surface area (Å²) in [4.78, 5) is 12.6. The summed E-state index contributed by atoms with van der Waals surface area (Å²) in [6, 6.07) is 7.46. The molecule has 1 atom stereocenters. The smallest absolute Gasteiger partial charge is 0.281 e. The van der Waals surface area contributed by atoms with Crippen molar-refractivity contribution < 1.29 is 10.2 Å². The molecule has 2 rings (SSSR count). The topological polar surface area (TPSA) is 111 Å². The van der Waals surface area contributed by atoms with Gasteiger partial charge < -0.3 is 10.2 Å². The maximum atomic E-state index is 12.6. The minimum Gasteiger partial charge on any atom is -0.493 e. The molecular weight excluding hydrogens is 435 g/mol. The number of aromatic nitrogens is 1. The molecule has 0 aliphatic rings. The van der Waals surface area contributed by atoms with E-state index in [-0.39, 0.29) is 23.4 Å². The van der Waals surface area contributed by atoms with Crippen molar-refractivity contribution in [2.75, 3.05) is 0 Å². The van der Waals surface area contributed by atoms with Crippen molar-refractivity contribution in [2.24, 2.45) is 10.2 Å². The number of pyridine rings is 1. The van der Waals surface area contributed by atoms with E-state index in [1.165, 1.54) is 13.8 Å². The highest BCUT2D eigenvalue weighted by molar-refractivity contribution is 14.1. The van der Waals surface area contributed by atoms with E-state index in [1.807, 2.05) is 25.1 Å². The summed E-state index contributed by atoms with van der Waals surface area (Å²) in [6.45, 7) is 4.74. The molecule has 8 heteroatoms. The number of aromatic hydroxyl groups is 1. The monoisotopic (exact) mass is 452 g/mol. The molecule has 0 radical (unpaired) electrons. The van der Waals surface area contributed by atoms with Crippen molar-refractivity contribution in [3.05, 3.63) is 48.8 Å². The lowest BCUT2D eigenvalue weighted by atomic mass is 10.1. The minimum absolute atomic E-state index is 0.0343. The zero-order chi connectivity index (χ0) is 18.7. The predicted molar refractivity (Wildman–Crippen MR) is 102 cm³/mol. The average molecular weight is 452 g/mol. The van der Waals surface area contributed by atoms with E-state index in [0.717, 1.165) is 13.7 Å². The Labute approximate surface area is 158 Å². The highest BCUT2D eigenvalue weighted by Crippen LogP contribution is 2.28. The van der Waals surface area contributed by atoms with Crippen molar-refractivity contribution in [2.45, 2.75) is 33.4 Å². The molecule has 0 saturated carbocycles. The number of hydrogen-bond donors (Lipinski definition) is 2. The zero-order valence-electron chi connectivity index (χ0n) is 14.0. The summed E-state index contributed by atoms with van der Waals surface area (Å²) in [7, 11) is 0. The summed E-state index contributed by atoms with van der Waals surface area (Å²) in [5, 5.41) is 37.1. The largest absolute Gasteiger partial charge is 0.493 e. The third-order valence-corrected chi connectivity index (χ3v) is 4.30. The number of rotatable bonds is 4. The zero-order valence-corrected chi connectivity index (χ0v) is 16.1. The Kier molecular flexibility index (Phi) is 5.92. The second-order valence-corrected chi connectivity index (χ2v) is 6.93. The predicted octanol–water partition coefficient (Wildman–Crippen LogP) is 3.44. The van der Waals surface area contributed by atoms with Crippen LogP contribution in [0.4, 0.5) is 11.4 Å². The molecule has 25 heavy (non-hydrogen) atoms. The number of nitriles is 1. The van der Waals surface area contributed by atoms with E-state index in [0.29, 0.717) is 5.69 Å². The van der Waals surface area contributed by atoms with Crippen molar-refractivity contribution >= 4 is 34.0 Å². The summed E-state index contributed by atoms with van der Waals surface area (Å²) < 4.78 is 1.99. The highest BCUT2D eigenvalue weighted by atomic mass is 127. The maximum Gasteiger partial charge on any atom is 0.281 e. The molecule has 0 saturated heterocycles. The summed E-state index contributed by atoms with van der Waals surface area (Å²) >= 11 is 2.19. The van der Waals surface area contributed by atoms with Crippen LogP contribution < -0.4 is 5.56 Å². The molecule has 1 aromatic heterocycles. The van der Waals surface area contributed by atoms with Gasteiger partial charge >= 0.3 is 0 Å². The van der Waals surface area contributed by atoms with Gasteiger partial charge in [0, 0.05) is 9.13 Å². The van der Waals surface area contributed by atoms with Crippen LogP contribution in [0.5, 0.6) is 5.88 Å². The average Bonchev–Trinajstić information content (AvgIpc) is 2.53. The third-order valence-electron chi connectivity index (χ3n) is 3.63. The van der Waals surface area contributed by atoms with Gasteiger partial charge in [-0.05, 0) is 67.1 Å². The second kappa shape index (κ2) is 7.76. The Morgan fingerprint density at radius 2 is 2.04 bits per heavy atom. The number of halogens is 1. The van der Waals surface area contributed by atoms with Gasteiger partial charge in [-0.3, -0.25) is 9.36 Å². The first-order valence-electron chi connectivity index (χ1n) is 7.48. The Morgan fingerprint density at radius 1 is 1.36 bits per heavy atom. The van der Waals surface area contributed by atoms with Crippen molar-refractivity contribution in [1.82, 2.24) is 4.57 Å². The lowest BCUT2D eigenvalue weighted by Crippen LogP contribution is -2.26. The Hall–Kier alpha value is -2.25. The molecule has 0 bridgehead atoms. The number of azo groups is 1. The fourth-order valence-corrected chi connectivity index (χ4v) is 2.97. The number of hydrogen-bond acceptors (Lipinski definition) is 6. The van der Waals surface area contributed by atoms with Crippen LogP contribution in [-0.2, 0) is 6.54 Å². The number of aliphatic hydroxyl groups is 1. The van der Waals surface area contributed by atoms with E-state index in [4.69, 9.17) is 0 Å². The number of nitrogens with zero attached hydrogens (tertiary/aromatic N) is 4. The first-order valence-corrected chi connectivity index (χ1v) is 8.56. The summed E-state index contributed by atoms with van der Waals surface area (Å²) in [6.07, 6.45) is -0.874. The van der Waals surface area contributed by atoms with Crippen molar-refractivity contribution in [3.8, 4) is 11.9 Å². The molecule has 1 aromatic carbocycles. The van der Waals surface area contributed by atoms with Gasteiger partial charge in [-0.2, -0.15) is 10.4 Å².